The first-order chi connectivity index (χ1) is 9.20. The van der Waals surface area contributed by atoms with E-state index in [1.807, 2.05) is 6.92 Å². The summed E-state index contributed by atoms with van der Waals surface area (Å²) >= 11 is 0. The van der Waals surface area contributed by atoms with E-state index >= 15 is 0 Å². The zero-order valence-electron chi connectivity index (χ0n) is 11.6. The molecule has 0 atom stereocenters. The minimum Gasteiger partial charge on any atom is -0.336 e. The molecule has 0 saturated heterocycles. The van der Waals surface area contributed by atoms with Gasteiger partial charge in [-0.25, -0.2) is 9.97 Å². The molecule has 3 rings (SSSR count). The summed E-state index contributed by atoms with van der Waals surface area (Å²) in [7, 11) is 0. The monoisotopic (exact) mass is 260 g/mol. The highest BCUT2D eigenvalue weighted by atomic mass is 16.1. The molecule has 102 valence electrons. The lowest BCUT2D eigenvalue weighted by Crippen LogP contribution is -2.23. The second kappa shape index (κ2) is 4.79. The fraction of sp³-hybridized carbons (Fsp3) is 0.643. The van der Waals surface area contributed by atoms with Crippen molar-refractivity contribution in [1.29, 1.82) is 0 Å². The first kappa shape index (κ1) is 12.4. The van der Waals surface area contributed by atoms with Gasteiger partial charge in [-0.05, 0) is 26.2 Å². The van der Waals surface area contributed by atoms with Gasteiger partial charge in [-0.3, -0.25) is 9.36 Å². The van der Waals surface area contributed by atoms with Crippen molar-refractivity contribution in [3.63, 3.8) is 0 Å². The quantitative estimate of drug-likeness (QED) is 0.922. The molecule has 1 aliphatic carbocycles. The Balaban J connectivity index is 2.12. The molecule has 0 aliphatic heterocycles. The van der Waals surface area contributed by atoms with Crippen LogP contribution in [0.2, 0.25) is 0 Å². The summed E-state index contributed by atoms with van der Waals surface area (Å²) in [5.74, 6) is 2.18. The van der Waals surface area contributed by atoms with Gasteiger partial charge in [0, 0.05) is 12.5 Å². The maximum absolute atomic E-state index is 12.4. The zero-order chi connectivity index (χ0) is 13.4. The molecule has 5 nitrogen and oxygen atoms in total. The summed E-state index contributed by atoms with van der Waals surface area (Å²) in [4.78, 5) is 24.6. The minimum atomic E-state index is 0.0149. The first-order valence-electron chi connectivity index (χ1n) is 7.17. The van der Waals surface area contributed by atoms with Crippen LogP contribution in [0, 0.1) is 6.92 Å². The fourth-order valence-electron chi connectivity index (χ4n) is 2.99. The highest BCUT2D eigenvalue weighted by Gasteiger charge is 2.22. The Bertz CT molecular complexity index is 649. The SMILES string of the molecule is CCCn1c(C)nc2nc(C3CCCC3)[nH]c2c1=O. The summed E-state index contributed by atoms with van der Waals surface area (Å²) in [5.41, 5.74) is 1.17. The van der Waals surface area contributed by atoms with E-state index in [-0.39, 0.29) is 5.56 Å². The largest absolute Gasteiger partial charge is 0.336 e. The van der Waals surface area contributed by atoms with Crippen LogP contribution in [0.4, 0.5) is 0 Å². The summed E-state index contributed by atoms with van der Waals surface area (Å²) in [6.45, 7) is 4.65. The molecule has 0 amide bonds. The van der Waals surface area contributed by atoms with Gasteiger partial charge >= 0.3 is 0 Å². The topological polar surface area (TPSA) is 63.6 Å². The van der Waals surface area contributed by atoms with Crippen LogP contribution in [-0.4, -0.2) is 19.5 Å². The number of imidazole rings is 1. The maximum atomic E-state index is 12.4. The summed E-state index contributed by atoms with van der Waals surface area (Å²) in [6.07, 6.45) is 5.78. The van der Waals surface area contributed by atoms with Crippen LogP contribution in [0.15, 0.2) is 4.79 Å². The Kier molecular flexibility index (Phi) is 3.12. The lowest BCUT2D eigenvalue weighted by atomic mass is 10.1. The number of hydrogen-bond acceptors (Lipinski definition) is 3. The Labute approximate surface area is 112 Å². The molecule has 1 aliphatic rings. The van der Waals surface area contributed by atoms with Crippen LogP contribution in [0.25, 0.3) is 11.2 Å². The molecule has 0 spiro atoms. The molecule has 0 aromatic carbocycles. The Hall–Kier alpha value is -1.65. The summed E-state index contributed by atoms with van der Waals surface area (Å²) in [6, 6.07) is 0. The van der Waals surface area contributed by atoms with E-state index < -0.39 is 0 Å². The number of hydrogen-bond donors (Lipinski definition) is 1. The van der Waals surface area contributed by atoms with Gasteiger partial charge in [-0.15, -0.1) is 0 Å². The van der Waals surface area contributed by atoms with Crippen LogP contribution in [0.3, 0.4) is 0 Å². The van der Waals surface area contributed by atoms with Crippen molar-refractivity contribution in [2.45, 2.75) is 58.4 Å². The molecule has 0 unspecified atom stereocenters. The molecular weight excluding hydrogens is 240 g/mol. The minimum absolute atomic E-state index is 0.0149. The number of aromatic nitrogens is 4. The van der Waals surface area contributed by atoms with E-state index in [0.717, 1.165) is 18.1 Å². The van der Waals surface area contributed by atoms with Gasteiger partial charge in [0.25, 0.3) is 5.56 Å². The highest BCUT2D eigenvalue weighted by Crippen LogP contribution is 2.32. The molecule has 1 fully saturated rings. The van der Waals surface area contributed by atoms with Gasteiger partial charge in [0.15, 0.2) is 11.2 Å². The fourth-order valence-corrected chi connectivity index (χ4v) is 2.99. The third-order valence-electron chi connectivity index (χ3n) is 4.01. The number of nitrogens with zero attached hydrogens (tertiary/aromatic N) is 3. The van der Waals surface area contributed by atoms with E-state index in [0.29, 0.717) is 23.6 Å². The van der Waals surface area contributed by atoms with Crippen LogP contribution >= 0.6 is 0 Å². The lowest BCUT2D eigenvalue weighted by molar-refractivity contribution is 0.624. The van der Waals surface area contributed by atoms with Crippen molar-refractivity contribution in [3.8, 4) is 0 Å². The molecule has 2 aromatic rings. The van der Waals surface area contributed by atoms with Gasteiger partial charge in [-0.1, -0.05) is 19.8 Å². The Morgan fingerprint density at radius 3 is 2.74 bits per heavy atom. The number of aromatic amines is 1. The van der Waals surface area contributed by atoms with E-state index in [9.17, 15) is 4.79 Å². The van der Waals surface area contributed by atoms with Crippen LogP contribution < -0.4 is 5.56 Å². The third kappa shape index (κ3) is 2.07. The van der Waals surface area contributed by atoms with E-state index in [2.05, 4.69) is 21.9 Å². The molecule has 19 heavy (non-hydrogen) atoms. The van der Waals surface area contributed by atoms with Crippen molar-refractivity contribution >= 4 is 11.2 Å². The maximum Gasteiger partial charge on any atom is 0.279 e. The molecule has 0 radical (unpaired) electrons. The lowest BCUT2D eigenvalue weighted by Gasteiger charge is -2.06. The smallest absolute Gasteiger partial charge is 0.279 e. The molecule has 2 heterocycles. The number of aryl methyl sites for hydroxylation is 1. The molecule has 1 N–H and O–H groups in total. The van der Waals surface area contributed by atoms with Gasteiger partial charge in [0.2, 0.25) is 0 Å². The van der Waals surface area contributed by atoms with Crippen molar-refractivity contribution < 1.29 is 0 Å². The number of rotatable bonds is 3. The van der Waals surface area contributed by atoms with Gasteiger partial charge in [-0.2, -0.15) is 0 Å². The molecule has 0 bridgehead atoms. The molecule has 2 aromatic heterocycles. The predicted molar refractivity (Wildman–Crippen MR) is 74.4 cm³/mol. The van der Waals surface area contributed by atoms with Crippen molar-refractivity contribution in [3.05, 3.63) is 22.0 Å². The molecule has 5 heteroatoms. The molecule has 1 saturated carbocycles. The van der Waals surface area contributed by atoms with Gasteiger partial charge < -0.3 is 4.98 Å². The molecular formula is C14H20N4O. The van der Waals surface area contributed by atoms with Gasteiger partial charge in [0.1, 0.15) is 11.6 Å². The van der Waals surface area contributed by atoms with Crippen LogP contribution in [0.5, 0.6) is 0 Å². The van der Waals surface area contributed by atoms with Crippen molar-refractivity contribution in [2.24, 2.45) is 0 Å². The van der Waals surface area contributed by atoms with Crippen LogP contribution in [-0.2, 0) is 6.54 Å². The second-order valence-electron chi connectivity index (χ2n) is 5.42. The van der Waals surface area contributed by atoms with Crippen LogP contribution in [0.1, 0.15) is 56.6 Å². The average Bonchev–Trinajstić information content (AvgIpc) is 3.02. The Morgan fingerprint density at radius 2 is 2.05 bits per heavy atom. The average molecular weight is 260 g/mol. The number of H-pyrrole nitrogens is 1. The normalized spacial score (nSPS) is 16.5. The van der Waals surface area contributed by atoms with E-state index in [4.69, 9.17) is 0 Å². The van der Waals surface area contributed by atoms with Gasteiger partial charge in [0.05, 0.1) is 0 Å². The van der Waals surface area contributed by atoms with E-state index in [1.54, 1.807) is 4.57 Å². The van der Waals surface area contributed by atoms with Crippen molar-refractivity contribution in [1.82, 2.24) is 19.5 Å². The summed E-state index contributed by atoms with van der Waals surface area (Å²) in [5, 5.41) is 0. The first-order valence-corrected chi connectivity index (χ1v) is 7.17. The predicted octanol–water partition coefficient (Wildman–Crippen LogP) is 2.50. The number of nitrogens with one attached hydrogen (secondary N) is 1. The number of fused-ring (bicyclic) bond motifs is 1. The third-order valence-corrected chi connectivity index (χ3v) is 4.01. The van der Waals surface area contributed by atoms with E-state index in [1.165, 1.54) is 25.7 Å². The second-order valence-corrected chi connectivity index (χ2v) is 5.42. The summed E-state index contributed by atoms with van der Waals surface area (Å²) < 4.78 is 1.74. The van der Waals surface area contributed by atoms with Crippen molar-refractivity contribution in [2.75, 3.05) is 0 Å². The highest BCUT2D eigenvalue weighted by molar-refractivity contribution is 5.69. The zero-order valence-corrected chi connectivity index (χ0v) is 11.6. The Morgan fingerprint density at radius 1 is 1.32 bits per heavy atom. The standard InChI is InChI=1S/C14H20N4O/c1-3-8-18-9(2)15-13-11(14(18)19)16-12(17-13)10-6-4-5-7-10/h10H,3-8H2,1-2H3,(H,16,17).